The summed E-state index contributed by atoms with van der Waals surface area (Å²) in [6.45, 7) is 6.81. The topological polar surface area (TPSA) is 78.9 Å². The summed E-state index contributed by atoms with van der Waals surface area (Å²) in [5.41, 5.74) is -0.118. The van der Waals surface area contributed by atoms with E-state index in [0.717, 1.165) is 30.3 Å². The highest BCUT2D eigenvalue weighted by atomic mass is 16.1. The highest BCUT2D eigenvalue weighted by Gasteiger charge is 2.23. The molecule has 0 unspecified atom stereocenters. The molecule has 1 heterocycles. The molecular weight excluding hydrogens is 266 g/mol. The van der Waals surface area contributed by atoms with Crippen LogP contribution in [-0.4, -0.2) is 35.5 Å². The zero-order valence-corrected chi connectivity index (χ0v) is 13.3. The maximum Gasteiger partial charge on any atom is 0.221 e. The van der Waals surface area contributed by atoms with Gasteiger partial charge in [-0.2, -0.15) is 0 Å². The van der Waals surface area contributed by atoms with Crippen LogP contribution < -0.4 is 16.0 Å². The summed E-state index contributed by atoms with van der Waals surface area (Å²) in [6, 6.07) is 2.27. The van der Waals surface area contributed by atoms with Gasteiger partial charge in [-0.3, -0.25) is 4.79 Å². The molecule has 1 aromatic heterocycles. The summed E-state index contributed by atoms with van der Waals surface area (Å²) < 4.78 is 0. The predicted octanol–water partition coefficient (Wildman–Crippen LogP) is 1.90. The zero-order chi connectivity index (χ0) is 15.5. The van der Waals surface area contributed by atoms with Crippen LogP contribution in [0.15, 0.2) is 6.07 Å². The zero-order valence-electron chi connectivity index (χ0n) is 13.3. The lowest BCUT2D eigenvalue weighted by Crippen LogP contribution is -2.27. The Hall–Kier alpha value is -1.85. The molecule has 1 fully saturated rings. The lowest BCUT2D eigenvalue weighted by molar-refractivity contribution is -0.120. The number of aromatic nitrogens is 2. The minimum atomic E-state index is -0.118. The largest absolute Gasteiger partial charge is 0.373 e. The molecule has 0 aliphatic heterocycles. The van der Waals surface area contributed by atoms with E-state index >= 15 is 0 Å². The lowest BCUT2D eigenvalue weighted by atomic mass is 9.96. The van der Waals surface area contributed by atoms with Gasteiger partial charge in [-0.1, -0.05) is 20.8 Å². The van der Waals surface area contributed by atoms with Crippen molar-refractivity contribution in [3.8, 4) is 0 Å². The van der Waals surface area contributed by atoms with E-state index in [-0.39, 0.29) is 11.3 Å². The molecule has 2 rings (SSSR count). The van der Waals surface area contributed by atoms with E-state index in [2.05, 4.69) is 46.7 Å². The van der Waals surface area contributed by atoms with Crippen molar-refractivity contribution in [1.29, 1.82) is 0 Å². The van der Waals surface area contributed by atoms with Crippen LogP contribution in [0, 0.1) is 0 Å². The standard InChI is InChI=1S/C15H25N5O/c1-15(2,3)14-19-11(16-4)9-12(20-14)17-8-7-13(21)18-10-5-6-10/h9-10H,5-8H2,1-4H3,(H,18,21)(H2,16,17,19,20). The molecule has 0 spiro atoms. The normalized spacial score (nSPS) is 14.7. The fourth-order valence-electron chi connectivity index (χ4n) is 1.83. The first-order chi connectivity index (χ1) is 9.88. The molecule has 0 aromatic carbocycles. The molecule has 6 heteroatoms. The summed E-state index contributed by atoms with van der Waals surface area (Å²) in [7, 11) is 1.83. The third-order valence-corrected chi connectivity index (χ3v) is 3.25. The van der Waals surface area contributed by atoms with Gasteiger partial charge >= 0.3 is 0 Å². The van der Waals surface area contributed by atoms with E-state index in [1.54, 1.807) is 0 Å². The van der Waals surface area contributed by atoms with Crippen LogP contribution in [0.5, 0.6) is 0 Å². The Bertz CT molecular complexity index is 505. The Morgan fingerprint density at radius 2 is 1.95 bits per heavy atom. The first-order valence-corrected chi connectivity index (χ1v) is 7.49. The minimum absolute atomic E-state index is 0.101. The SMILES string of the molecule is CNc1cc(NCCC(=O)NC2CC2)nc(C(C)(C)C)n1. The van der Waals surface area contributed by atoms with Crippen molar-refractivity contribution in [3.05, 3.63) is 11.9 Å². The highest BCUT2D eigenvalue weighted by molar-refractivity contribution is 5.77. The summed E-state index contributed by atoms with van der Waals surface area (Å²) in [4.78, 5) is 20.6. The minimum Gasteiger partial charge on any atom is -0.373 e. The average molecular weight is 291 g/mol. The van der Waals surface area contributed by atoms with Crippen molar-refractivity contribution in [2.24, 2.45) is 0 Å². The number of amides is 1. The average Bonchev–Trinajstić information content (AvgIpc) is 3.21. The number of carbonyl (C=O) groups is 1. The summed E-state index contributed by atoms with van der Waals surface area (Å²) in [5, 5.41) is 9.22. The molecule has 0 radical (unpaired) electrons. The Labute approximate surface area is 126 Å². The molecule has 1 aromatic rings. The number of carbonyl (C=O) groups excluding carboxylic acids is 1. The van der Waals surface area contributed by atoms with Gasteiger partial charge in [0.2, 0.25) is 5.91 Å². The molecular formula is C15H25N5O. The van der Waals surface area contributed by atoms with E-state index in [9.17, 15) is 4.79 Å². The summed E-state index contributed by atoms with van der Waals surface area (Å²) in [5.74, 6) is 2.40. The van der Waals surface area contributed by atoms with Gasteiger partial charge in [0.25, 0.3) is 0 Å². The van der Waals surface area contributed by atoms with E-state index < -0.39 is 0 Å². The number of nitrogens with zero attached hydrogens (tertiary/aromatic N) is 2. The Morgan fingerprint density at radius 3 is 2.52 bits per heavy atom. The molecule has 21 heavy (non-hydrogen) atoms. The maximum atomic E-state index is 11.6. The number of hydrogen-bond acceptors (Lipinski definition) is 5. The van der Waals surface area contributed by atoms with Gasteiger partial charge in [0.1, 0.15) is 17.5 Å². The molecule has 0 atom stereocenters. The summed E-state index contributed by atoms with van der Waals surface area (Å²) in [6.07, 6.45) is 2.69. The predicted molar refractivity (Wildman–Crippen MR) is 84.6 cm³/mol. The molecule has 0 saturated heterocycles. The number of rotatable bonds is 6. The second-order valence-electron chi connectivity index (χ2n) is 6.48. The smallest absolute Gasteiger partial charge is 0.221 e. The van der Waals surface area contributed by atoms with Crippen LogP contribution in [-0.2, 0) is 10.2 Å². The van der Waals surface area contributed by atoms with Gasteiger partial charge in [0.05, 0.1) is 0 Å². The van der Waals surface area contributed by atoms with Gasteiger partial charge in [-0.15, -0.1) is 0 Å². The van der Waals surface area contributed by atoms with Gasteiger partial charge < -0.3 is 16.0 Å². The quantitative estimate of drug-likeness (QED) is 0.746. The van der Waals surface area contributed by atoms with Crippen LogP contribution in [0.4, 0.5) is 11.6 Å². The second-order valence-corrected chi connectivity index (χ2v) is 6.48. The monoisotopic (exact) mass is 291 g/mol. The number of nitrogens with one attached hydrogen (secondary N) is 3. The Balaban J connectivity index is 1.93. The van der Waals surface area contributed by atoms with Gasteiger partial charge in [-0.05, 0) is 12.8 Å². The number of hydrogen-bond donors (Lipinski definition) is 3. The fourth-order valence-corrected chi connectivity index (χ4v) is 1.83. The fraction of sp³-hybridized carbons (Fsp3) is 0.667. The number of anilines is 2. The first kappa shape index (κ1) is 15.5. The van der Waals surface area contributed by atoms with E-state index in [1.165, 1.54) is 0 Å². The second kappa shape index (κ2) is 6.28. The molecule has 3 N–H and O–H groups in total. The lowest BCUT2D eigenvalue weighted by Gasteiger charge is -2.18. The van der Waals surface area contributed by atoms with Crippen LogP contribution in [0.3, 0.4) is 0 Å². The van der Waals surface area contributed by atoms with Crippen molar-refractivity contribution in [2.75, 3.05) is 24.2 Å². The van der Waals surface area contributed by atoms with Gasteiger partial charge in [-0.25, -0.2) is 9.97 Å². The first-order valence-electron chi connectivity index (χ1n) is 7.49. The molecule has 116 valence electrons. The van der Waals surface area contributed by atoms with Crippen molar-refractivity contribution >= 4 is 17.5 Å². The van der Waals surface area contributed by atoms with Crippen LogP contribution >= 0.6 is 0 Å². The Morgan fingerprint density at radius 1 is 1.29 bits per heavy atom. The third-order valence-electron chi connectivity index (χ3n) is 3.25. The van der Waals surface area contributed by atoms with E-state index in [0.29, 0.717) is 19.0 Å². The van der Waals surface area contributed by atoms with Crippen molar-refractivity contribution < 1.29 is 4.79 Å². The van der Waals surface area contributed by atoms with Crippen molar-refractivity contribution in [3.63, 3.8) is 0 Å². The highest BCUT2D eigenvalue weighted by Crippen LogP contribution is 2.22. The van der Waals surface area contributed by atoms with Crippen LogP contribution in [0.25, 0.3) is 0 Å². The van der Waals surface area contributed by atoms with Crippen molar-refractivity contribution in [2.45, 2.75) is 51.5 Å². The van der Waals surface area contributed by atoms with E-state index in [1.807, 2.05) is 13.1 Å². The van der Waals surface area contributed by atoms with Crippen LogP contribution in [0.1, 0.15) is 45.9 Å². The van der Waals surface area contributed by atoms with Gasteiger partial charge in [0.15, 0.2) is 0 Å². The Kier molecular flexibility index (Phi) is 4.65. The molecule has 1 amide bonds. The van der Waals surface area contributed by atoms with Crippen molar-refractivity contribution in [1.82, 2.24) is 15.3 Å². The molecule has 0 bridgehead atoms. The van der Waals surface area contributed by atoms with E-state index in [4.69, 9.17) is 0 Å². The summed E-state index contributed by atoms with van der Waals surface area (Å²) >= 11 is 0. The van der Waals surface area contributed by atoms with Gasteiger partial charge in [0, 0.05) is 37.5 Å². The molecule has 1 aliphatic carbocycles. The molecule has 1 aliphatic rings. The van der Waals surface area contributed by atoms with Crippen LogP contribution in [0.2, 0.25) is 0 Å². The third kappa shape index (κ3) is 4.88. The molecule has 1 saturated carbocycles. The maximum absolute atomic E-state index is 11.6. The molecule has 6 nitrogen and oxygen atoms in total.